The summed E-state index contributed by atoms with van der Waals surface area (Å²) in [5, 5.41) is 14.3. The molecule has 0 saturated carbocycles. The monoisotopic (exact) mass is 348 g/mol. The molecule has 7 nitrogen and oxygen atoms in total. The van der Waals surface area contributed by atoms with E-state index in [0.29, 0.717) is 24.5 Å². The fourth-order valence-electron chi connectivity index (χ4n) is 3.19. The van der Waals surface area contributed by atoms with Crippen LogP contribution in [0.3, 0.4) is 0 Å². The van der Waals surface area contributed by atoms with Crippen molar-refractivity contribution in [3.63, 3.8) is 0 Å². The van der Waals surface area contributed by atoms with Crippen LogP contribution in [0.1, 0.15) is 55.3 Å². The summed E-state index contributed by atoms with van der Waals surface area (Å²) in [4.78, 5) is 30.9. The van der Waals surface area contributed by atoms with Crippen molar-refractivity contribution in [2.75, 3.05) is 13.1 Å². The number of amides is 1. The second kappa shape index (κ2) is 6.35. The van der Waals surface area contributed by atoms with Crippen LogP contribution >= 0.6 is 11.3 Å². The molecule has 0 spiro atoms. The third kappa shape index (κ3) is 2.93. The first-order chi connectivity index (χ1) is 11.4. The molecule has 0 radical (unpaired) electrons. The number of piperidine rings is 1. The molecule has 0 atom stereocenters. The first kappa shape index (κ1) is 16.6. The summed E-state index contributed by atoms with van der Waals surface area (Å²) < 4.78 is 1.78. The van der Waals surface area contributed by atoms with Crippen LogP contribution in [-0.2, 0) is 0 Å². The molecule has 2 aromatic heterocycles. The van der Waals surface area contributed by atoms with Crippen molar-refractivity contribution in [1.29, 1.82) is 0 Å². The van der Waals surface area contributed by atoms with Gasteiger partial charge >= 0.3 is 5.97 Å². The average molecular weight is 348 g/mol. The molecule has 1 amide bonds. The van der Waals surface area contributed by atoms with Gasteiger partial charge in [0.2, 0.25) is 0 Å². The normalized spacial score (nSPS) is 15.7. The van der Waals surface area contributed by atoms with Gasteiger partial charge in [-0.1, -0.05) is 0 Å². The standard InChI is InChI=1S/C16H20N4O3S/c1-9-13(16(22)23)8-17-20(9)12-4-6-19(7-5-12)15(21)14-10(2)24-11(3)18-14/h8,12H,4-7H2,1-3H3,(H,22,23). The molecule has 24 heavy (non-hydrogen) atoms. The number of rotatable bonds is 3. The van der Waals surface area contributed by atoms with Gasteiger partial charge in [0, 0.05) is 18.0 Å². The van der Waals surface area contributed by atoms with E-state index in [1.807, 2.05) is 18.7 Å². The zero-order valence-corrected chi connectivity index (χ0v) is 14.8. The molecular weight excluding hydrogens is 328 g/mol. The van der Waals surface area contributed by atoms with Gasteiger partial charge in [-0.25, -0.2) is 9.78 Å². The van der Waals surface area contributed by atoms with E-state index in [9.17, 15) is 9.59 Å². The maximum absolute atomic E-state index is 12.6. The number of carboxylic acid groups (broad SMARTS) is 1. The molecule has 1 saturated heterocycles. The third-order valence-corrected chi connectivity index (χ3v) is 5.36. The van der Waals surface area contributed by atoms with Crippen LogP contribution in [0.25, 0.3) is 0 Å². The van der Waals surface area contributed by atoms with Crippen molar-refractivity contribution in [3.05, 3.63) is 33.0 Å². The summed E-state index contributed by atoms with van der Waals surface area (Å²) in [6.07, 6.45) is 2.92. The van der Waals surface area contributed by atoms with Gasteiger partial charge in [0.1, 0.15) is 11.3 Å². The molecule has 3 rings (SSSR count). The molecule has 2 aromatic rings. The Morgan fingerprint density at radius 3 is 2.42 bits per heavy atom. The summed E-state index contributed by atoms with van der Waals surface area (Å²) in [6.45, 7) is 6.85. The van der Waals surface area contributed by atoms with E-state index in [-0.39, 0.29) is 17.5 Å². The fraction of sp³-hybridized carbons (Fsp3) is 0.500. The highest BCUT2D eigenvalue weighted by Crippen LogP contribution is 2.26. The minimum absolute atomic E-state index is 0.0151. The molecule has 1 fully saturated rings. The van der Waals surface area contributed by atoms with E-state index in [2.05, 4.69) is 10.1 Å². The van der Waals surface area contributed by atoms with E-state index in [1.54, 1.807) is 11.6 Å². The van der Waals surface area contributed by atoms with Crippen LogP contribution in [0.4, 0.5) is 0 Å². The van der Waals surface area contributed by atoms with Crippen molar-refractivity contribution in [3.8, 4) is 0 Å². The Bertz CT molecular complexity index is 787. The predicted octanol–water partition coefficient (Wildman–Crippen LogP) is 2.44. The molecule has 0 bridgehead atoms. The van der Waals surface area contributed by atoms with E-state index in [4.69, 9.17) is 5.11 Å². The zero-order chi connectivity index (χ0) is 17.4. The molecule has 0 unspecified atom stereocenters. The molecule has 1 aliphatic heterocycles. The first-order valence-electron chi connectivity index (χ1n) is 7.89. The fourth-order valence-corrected chi connectivity index (χ4v) is 4.00. The van der Waals surface area contributed by atoms with E-state index < -0.39 is 5.97 Å². The lowest BCUT2D eigenvalue weighted by Crippen LogP contribution is -2.39. The number of likely N-dealkylation sites (tertiary alicyclic amines) is 1. The molecular formula is C16H20N4O3S. The number of carboxylic acids is 1. The Morgan fingerprint density at radius 1 is 1.25 bits per heavy atom. The van der Waals surface area contributed by atoms with E-state index in [1.165, 1.54) is 17.5 Å². The number of aromatic carboxylic acids is 1. The Hall–Kier alpha value is -2.22. The van der Waals surface area contributed by atoms with Gasteiger partial charge in [-0.3, -0.25) is 9.48 Å². The molecule has 0 aromatic carbocycles. The van der Waals surface area contributed by atoms with Crippen LogP contribution in [0.2, 0.25) is 0 Å². The molecule has 1 N–H and O–H groups in total. The van der Waals surface area contributed by atoms with Gasteiger partial charge in [0.15, 0.2) is 0 Å². The lowest BCUT2D eigenvalue weighted by molar-refractivity contribution is 0.0682. The number of carbonyl (C=O) groups is 2. The Labute approximate surface area is 143 Å². The van der Waals surface area contributed by atoms with Crippen LogP contribution in [0.15, 0.2) is 6.20 Å². The van der Waals surface area contributed by atoms with Crippen molar-refractivity contribution >= 4 is 23.2 Å². The Kier molecular flexibility index (Phi) is 4.40. The number of thiazole rings is 1. The highest BCUT2D eigenvalue weighted by Gasteiger charge is 2.28. The number of carbonyl (C=O) groups excluding carboxylic acids is 1. The third-order valence-electron chi connectivity index (χ3n) is 4.48. The van der Waals surface area contributed by atoms with Gasteiger partial charge in [-0.15, -0.1) is 11.3 Å². The second-order valence-corrected chi connectivity index (χ2v) is 7.46. The van der Waals surface area contributed by atoms with Gasteiger partial charge in [-0.2, -0.15) is 5.10 Å². The quantitative estimate of drug-likeness (QED) is 0.920. The van der Waals surface area contributed by atoms with Gasteiger partial charge in [0.05, 0.1) is 22.9 Å². The van der Waals surface area contributed by atoms with Gasteiger partial charge in [-0.05, 0) is 33.6 Å². The van der Waals surface area contributed by atoms with Crippen molar-refractivity contribution in [1.82, 2.24) is 19.7 Å². The van der Waals surface area contributed by atoms with E-state index >= 15 is 0 Å². The summed E-state index contributed by atoms with van der Waals surface area (Å²) in [5.41, 5.74) is 1.46. The van der Waals surface area contributed by atoms with Gasteiger partial charge < -0.3 is 10.0 Å². The summed E-state index contributed by atoms with van der Waals surface area (Å²) >= 11 is 1.54. The number of aromatic nitrogens is 3. The Balaban J connectivity index is 1.69. The first-order valence-corrected chi connectivity index (χ1v) is 8.71. The number of nitrogens with zero attached hydrogens (tertiary/aromatic N) is 4. The van der Waals surface area contributed by atoms with Crippen LogP contribution in [0, 0.1) is 20.8 Å². The lowest BCUT2D eigenvalue weighted by atomic mass is 10.0. The SMILES string of the molecule is Cc1nc(C(=O)N2CCC(n3ncc(C(=O)O)c3C)CC2)c(C)s1. The molecule has 1 aliphatic rings. The summed E-state index contributed by atoms with van der Waals surface area (Å²) in [7, 11) is 0. The highest BCUT2D eigenvalue weighted by molar-refractivity contribution is 7.11. The summed E-state index contributed by atoms with van der Waals surface area (Å²) in [6, 6.07) is 0.125. The van der Waals surface area contributed by atoms with Crippen molar-refractivity contribution < 1.29 is 14.7 Å². The molecule has 8 heteroatoms. The largest absolute Gasteiger partial charge is 0.478 e. The van der Waals surface area contributed by atoms with Crippen LogP contribution in [0.5, 0.6) is 0 Å². The number of hydrogen-bond donors (Lipinski definition) is 1. The van der Waals surface area contributed by atoms with Crippen LogP contribution in [-0.4, -0.2) is 49.7 Å². The Morgan fingerprint density at radius 2 is 1.92 bits per heavy atom. The lowest BCUT2D eigenvalue weighted by Gasteiger charge is -2.32. The average Bonchev–Trinajstić information content (AvgIpc) is 3.09. The molecule has 128 valence electrons. The highest BCUT2D eigenvalue weighted by atomic mass is 32.1. The topological polar surface area (TPSA) is 88.3 Å². The van der Waals surface area contributed by atoms with E-state index in [0.717, 1.165) is 22.7 Å². The maximum Gasteiger partial charge on any atom is 0.339 e. The predicted molar refractivity (Wildman–Crippen MR) is 89.7 cm³/mol. The zero-order valence-electron chi connectivity index (χ0n) is 13.9. The van der Waals surface area contributed by atoms with Crippen molar-refractivity contribution in [2.24, 2.45) is 0 Å². The van der Waals surface area contributed by atoms with Crippen LogP contribution < -0.4 is 0 Å². The maximum atomic E-state index is 12.6. The summed E-state index contributed by atoms with van der Waals surface area (Å²) in [5.74, 6) is -0.973. The number of hydrogen-bond acceptors (Lipinski definition) is 5. The van der Waals surface area contributed by atoms with Gasteiger partial charge in [0.25, 0.3) is 5.91 Å². The smallest absolute Gasteiger partial charge is 0.339 e. The number of aryl methyl sites for hydroxylation is 2. The van der Waals surface area contributed by atoms with Crippen molar-refractivity contribution in [2.45, 2.75) is 39.7 Å². The minimum atomic E-state index is -0.958. The molecule has 0 aliphatic carbocycles. The second-order valence-electron chi connectivity index (χ2n) is 6.05. The molecule has 3 heterocycles. The minimum Gasteiger partial charge on any atom is -0.478 e.